The molecule has 2 aromatic rings. The van der Waals surface area contributed by atoms with Gasteiger partial charge < -0.3 is 19.4 Å². The van der Waals surface area contributed by atoms with Crippen LogP contribution in [0.4, 0.5) is 0 Å². The lowest BCUT2D eigenvalue weighted by atomic mass is 10.2. The summed E-state index contributed by atoms with van der Waals surface area (Å²) < 4.78 is 34.3. The molecule has 1 N–H and O–H groups in total. The highest BCUT2D eigenvalue weighted by atomic mass is 32.2. The highest BCUT2D eigenvalue weighted by Crippen LogP contribution is 2.21. The minimum absolute atomic E-state index is 0.123. The molecule has 2 heterocycles. The van der Waals surface area contributed by atoms with Crippen molar-refractivity contribution in [2.45, 2.75) is 25.6 Å². The van der Waals surface area contributed by atoms with Crippen molar-refractivity contribution >= 4 is 27.2 Å². The van der Waals surface area contributed by atoms with Crippen molar-refractivity contribution in [1.82, 2.24) is 10.2 Å². The van der Waals surface area contributed by atoms with Crippen LogP contribution in [0.1, 0.15) is 17.7 Å². The largest absolute Gasteiger partial charge is 0.497 e. The molecule has 1 aliphatic rings. The van der Waals surface area contributed by atoms with Gasteiger partial charge in [0.15, 0.2) is 14.9 Å². The van der Waals surface area contributed by atoms with Crippen molar-refractivity contribution < 1.29 is 17.6 Å². The first-order valence-electron chi connectivity index (χ1n) is 8.37. The van der Waals surface area contributed by atoms with E-state index in [-0.39, 0.29) is 17.5 Å². The minimum atomic E-state index is -3.00. The first-order chi connectivity index (χ1) is 12.5. The minimum Gasteiger partial charge on any atom is -0.497 e. The lowest BCUT2D eigenvalue weighted by Gasteiger charge is -2.30. The molecule has 1 fully saturated rings. The number of nitrogens with one attached hydrogen (secondary N) is 1. The molecule has 140 valence electrons. The number of furan rings is 1. The van der Waals surface area contributed by atoms with E-state index >= 15 is 0 Å². The van der Waals surface area contributed by atoms with Crippen molar-refractivity contribution in [2.24, 2.45) is 0 Å². The fourth-order valence-corrected chi connectivity index (χ4v) is 5.00. The van der Waals surface area contributed by atoms with Crippen molar-refractivity contribution in [1.29, 1.82) is 0 Å². The lowest BCUT2D eigenvalue weighted by Crippen LogP contribution is -2.45. The van der Waals surface area contributed by atoms with E-state index in [1.165, 1.54) is 0 Å². The Morgan fingerprint density at radius 1 is 1.35 bits per heavy atom. The summed E-state index contributed by atoms with van der Waals surface area (Å²) in [6.07, 6.45) is 2.18. The molecule has 0 aliphatic carbocycles. The van der Waals surface area contributed by atoms with Crippen molar-refractivity contribution in [3.8, 4) is 5.75 Å². The smallest absolute Gasteiger partial charge is 0.169 e. The zero-order valence-electron chi connectivity index (χ0n) is 14.6. The molecule has 0 amide bonds. The fraction of sp³-hybridized carbons (Fsp3) is 0.389. The van der Waals surface area contributed by atoms with Crippen LogP contribution < -0.4 is 10.1 Å². The highest BCUT2D eigenvalue weighted by Gasteiger charge is 2.33. The topological polar surface area (TPSA) is 71.8 Å². The van der Waals surface area contributed by atoms with Gasteiger partial charge in [-0.05, 0) is 48.5 Å². The molecule has 1 aromatic heterocycles. The van der Waals surface area contributed by atoms with E-state index in [0.717, 1.165) is 17.1 Å². The second-order valence-corrected chi connectivity index (χ2v) is 8.89. The Hall–Kier alpha value is -2.06. The van der Waals surface area contributed by atoms with Gasteiger partial charge in [-0.1, -0.05) is 12.1 Å². The average Bonchev–Trinajstić information content (AvgIpc) is 3.27. The van der Waals surface area contributed by atoms with Gasteiger partial charge in [-0.25, -0.2) is 8.42 Å². The summed E-state index contributed by atoms with van der Waals surface area (Å²) in [7, 11) is -1.37. The Morgan fingerprint density at radius 3 is 2.69 bits per heavy atom. The zero-order chi connectivity index (χ0) is 18.6. The molecule has 0 saturated carbocycles. The number of ether oxygens (including phenoxy) is 1. The van der Waals surface area contributed by atoms with Gasteiger partial charge in [0.25, 0.3) is 0 Å². The van der Waals surface area contributed by atoms with Gasteiger partial charge >= 0.3 is 0 Å². The normalized spacial score (nSPS) is 18.4. The van der Waals surface area contributed by atoms with Crippen molar-refractivity contribution in [3.05, 3.63) is 54.0 Å². The Labute approximate surface area is 159 Å². The number of sulfone groups is 1. The van der Waals surface area contributed by atoms with Gasteiger partial charge in [-0.15, -0.1) is 0 Å². The molecular formula is C18H22N2O4S2. The molecule has 1 atom stereocenters. The van der Waals surface area contributed by atoms with Gasteiger partial charge in [0, 0.05) is 12.6 Å². The third-order valence-electron chi connectivity index (χ3n) is 4.42. The maximum Gasteiger partial charge on any atom is 0.169 e. The van der Waals surface area contributed by atoms with Crippen LogP contribution in [0, 0.1) is 0 Å². The number of nitrogens with zero attached hydrogens (tertiary/aromatic N) is 1. The summed E-state index contributed by atoms with van der Waals surface area (Å²) >= 11 is 5.56. The van der Waals surface area contributed by atoms with E-state index in [1.54, 1.807) is 13.4 Å². The van der Waals surface area contributed by atoms with E-state index in [9.17, 15) is 8.42 Å². The first kappa shape index (κ1) is 18.7. The SMILES string of the molecule is COc1ccc(CNC(=S)N(Cc2ccco2)[C@H]2CCS(=O)(=O)C2)cc1. The van der Waals surface area contributed by atoms with E-state index in [0.29, 0.717) is 24.6 Å². The van der Waals surface area contributed by atoms with Crippen LogP contribution in [0.5, 0.6) is 5.75 Å². The Bertz CT molecular complexity index is 833. The van der Waals surface area contributed by atoms with Crippen LogP contribution in [-0.4, -0.2) is 43.1 Å². The molecule has 1 aromatic carbocycles. The number of methoxy groups -OCH3 is 1. The summed E-state index contributed by atoms with van der Waals surface area (Å²) in [6.45, 7) is 0.999. The quantitative estimate of drug-likeness (QED) is 0.754. The fourth-order valence-electron chi connectivity index (χ4n) is 2.98. The van der Waals surface area contributed by atoms with E-state index in [2.05, 4.69) is 5.32 Å². The Morgan fingerprint density at radius 2 is 2.12 bits per heavy atom. The van der Waals surface area contributed by atoms with E-state index in [1.807, 2.05) is 41.3 Å². The standard InChI is InChI=1S/C18H22N2O4S2/c1-23-16-6-4-14(5-7-16)11-19-18(25)20(12-17-3-2-9-24-17)15-8-10-26(21,22)13-15/h2-7,9,15H,8,10-13H2,1H3,(H,19,25)/t15-/m0/s1. The number of hydrogen-bond acceptors (Lipinski definition) is 5. The Kier molecular flexibility index (Phi) is 5.83. The molecule has 0 unspecified atom stereocenters. The maximum atomic E-state index is 11.9. The van der Waals surface area contributed by atoms with Crippen LogP contribution in [-0.2, 0) is 22.9 Å². The third-order valence-corrected chi connectivity index (χ3v) is 6.55. The van der Waals surface area contributed by atoms with Crippen molar-refractivity contribution in [3.63, 3.8) is 0 Å². The van der Waals surface area contributed by atoms with Crippen LogP contribution in [0.3, 0.4) is 0 Å². The van der Waals surface area contributed by atoms with Crippen LogP contribution in [0.15, 0.2) is 47.1 Å². The molecule has 1 aliphatic heterocycles. The second kappa shape index (κ2) is 8.09. The highest BCUT2D eigenvalue weighted by molar-refractivity contribution is 7.91. The molecule has 6 nitrogen and oxygen atoms in total. The van der Waals surface area contributed by atoms with Gasteiger partial charge in [-0.2, -0.15) is 0 Å². The molecular weight excluding hydrogens is 372 g/mol. The van der Waals surface area contributed by atoms with E-state index in [4.69, 9.17) is 21.4 Å². The molecule has 1 saturated heterocycles. The van der Waals surface area contributed by atoms with Gasteiger partial charge in [0.1, 0.15) is 11.5 Å². The van der Waals surface area contributed by atoms with Gasteiger partial charge in [0.05, 0.1) is 31.4 Å². The summed E-state index contributed by atoms with van der Waals surface area (Å²) in [6, 6.07) is 11.3. The number of thiocarbonyl (C=S) groups is 1. The number of benzene rings is 1. The van der Waals surface area contributed by atoms with E-state index < -0.39 is 9.84 Å². The average molecular weight is 395 g/mol. The predicted molar refractivity (Wildman–Crippen MR) is 104 cm³/mol. The molecule has 3 rings (SSSR count). The zero-order valence-corrected chi connectivity index (χ0v) is 16.2. The van der Waals surface area contributed by atoms with Crippen LogP contribution >= 0.6 is 12.2 Å². The third kappa shape index (κ3) is 4.76. The molecule has 0 radical (unpaired) electrons. The van der Waals surface area contributed by atoms with Crippen LogP contribution in [0.25, 0.3) is 0 Å². The summed E-state index contributed by atoms with van der Waals surface area (Å²) in [4.78, 5) is 1.92. The number of hydrogen-bond donors (Lipinski definition) is 1. The summed E-state index contributed by atoms with van der Waals surface area (Å²) in [5.41, 5.74) is 1.06. The lowest BCUT2D eigenvalue weighted by molar-refractivity contribution is 0.294. The second-order valence-electron chi connectivity index (χ2n) is 6.27. The predicted octanol–water partition coefficient (Wildman–Crippen LogP) is 2.35. The molecule has 0 bridgehead atoms. The summed E-state index contributed by atoms with van der Waals surface area (Å²) in [5.74, 6) is 1.88. The van der Waals surface area contributed by atoms with Crippen molar-refractivity contribution in [2.75, 3.05) is 18.6 Å². The van der Waals surface area contributed by atoms with Gasteiger partial charge in [0.2, 0.25) is 0 Å². The molecule has 8 heteroatoms. The molecule has 26 heavy (non-hydrogen) atoms. The van der Waals surface area contributed by atoms with Gasteiger partial charge in [-0.3, -0.25) is 0 Å². The molecule has 0 spiro atoms. The maximum absolute atomic E-state index is 11.9. The summed E-state index contributed by atoms with van der Waals surface area (Å²) in [5, 5.41) is 3.76. The van der Waals surface area contributed by atoms with Crippen LogP contribution in [0.2, 0.25) is 0 Å². The number of rotatable bonds is 6. The Balaban J connectivity index is 1.67. The first-order valence-corrected chi connectivity index (χ1v) is 10.6. The monoisotopic (exact) mass is 394 g/mol.